The minimum absolute atomic E-state index is 0.00958. The number of anilines is 4. The molecule has 0 unspecified atom stereocenters. The number of sulfonamides is 1. The van der Waals surface area contributed by atoms with E-state index in [-0.39, 0.29) is 23.2 Å². The Morgan fingerprint density at radius 3 is 2.45 bits per heavy atom. The van der Waals surface area contributed by atoms with Gasteiger partial charge in [-0.25, -0.2) is 18.9 Å². The molecule has 1 aromatic heterocycles. The molecule has 0 bridgehead atoms. The smallest absolute Gasteiger partial charge is 0.278 e. The number of amides is 2. The Kier molecular flexibility index (Phi) is 6.26. The minimum atomic E-state index is -3.53. The van der Waals surface area contributed by atoms with E-state index < -0.39 is 15.9 Å². The van der Waals surface area contributed by atoms with Crippen LogP contribution in [0.5, 0.6) is 0 Å². The summed E-state index contributed by atoms with van der Waals surface area (Å²) < 4.78 is 25.8. The van der Waals surface area contributed by atoms with Gasteiger partial charge in [0.2, 0.25) is 15.9 Å². The zero-order valence-electron chi connectivity index (χ0n) is 18.7. The summed E-state index contributed by atoms with van der Waals surface area (Å²) in [6.07, 6.45) is 6.31. The number of hydrogen-bond donors (Lipinski definition) is 3. The third kappa shape index (κ3) is 5.42. The van der Waals surface area contributed by atoms with Crippen LogP contribution < -0.4 is 20.4 Å². The van der Waals surface area contributed by atoms with E-state index in [0.717, 1.165) is 37.5 Å². The molecule has 0 atom stereocenters. The van der Waals surface area contributed by atoms with Gasteiger partial charge < -0.3 is 10.6 Å². The molecule has 3 N–H and O–H groups in total. The summed E-state index contributed by atoms with van der Waals surface area (Å²) in [6, 6.07) is 7.15. The summed E-state index contributed by atoms with van der Waals surface area (Å²) in [5.41, 5.74) is 4.78. The van der Waals surface area contributed by atoms with Gasteiger partial charge in [0.25, 0.3) is 5.91 Å². The van der Waals surface area contributed by atoms with Gasteiger partial charge in [0, 0.05) is 25.2 Å². The van der Waals surface area contributed by atoms with Crippen LogP contribution >= 0.6 is 0 Å². The van der Waals surface area contributed by atoms with Gasteiger partial charge in [0.15, 0.2) is 0 Å². The van der Waals surface area contributed by atoms with Crippen LogP contribution in [0.4, 0.5) is 22.9 Å². The molecule has 0 radical (unpaired) electrons. The van der Waals surface area contributed by atoms with Gasteiger partial charge in [-0.3, -0.25) is 18.7 Å². The number of nitrogens with one attached hydrogen (secondary N) is 3. The summed E-state index contributed by atoms with van der Waals surface area (Å²) >= 11 is 0. The average Bonchev–Trinajstić information content (AvgIpc) is 3.65. The molecular weight excluding hydrogens is 446 g/mol. The molecule has 176 valence electrons. The number of nitrogens with zero attached hydrogens (tertiary/aromatic N) is 2. The zero-order chi connectivity index (χ0) is 23.8. The van der Waals surface area contributed by atoms with Crippen LogP contribution in [0.1, 0.15) is 47.5 Å². The number of benzene rings is 1. The second-order valence-corrected chi connectivity index (χ2v) is 10.4. The van der Waals surface area contributed by atoms with Gasteiger partial charge in [0.1, 0.15) is 5.82 Å². The fourth-order valence-corrected chi connectivity index (χ4v) is 3.95. The Morgan fingerprint density at radius 1 is 1.12 bits per heavy atom. The summed E-state index contributed by atoms with van der Waals surface area (Å²) in [4.78, 5) is 33.6. The molecular formula is C22H27N5O5S. The first-order chi connectivity index (χ1) is 15.7. The highest BCUT2D eigenvalue weighted by atomic mass is 32.2. The van der Waals surface area contributed by atoms with E-state index in [9.17, 15) is 18.0 Å². The van der Waals surface area contributed by atoms with Crippen molar-refractivity contribution < 1.29 is 22.8 Å². The van der Waals surface area contributed by atoms with E-state index in [1.807, 2.05) is 12.1 Å². The molecule has 0 aliphatic heterocycles. The molecule has 1 aromatic carbocycles. The van der Waals surface area contributed by atoms with Gasteiger partial charge in [0.05, 0.1) is 36.0 Å². The van der Waals surface area contributed by atoms with Gasteiger partial charge in [-0.05, 0) is 49.3 Å². The molecule has 10 nitrogen and oxygen atoms in total. The van der Waals surface area contributed by atoms with Crippen molar-refractivity contribution in [3.8, 4) is 0 Å². The highest BCUT2D eigenvalue weighted by molar-refractivity contribution is 7.92. The predicted octanol–water partition coefficient (Wildman–Crippen LogP) is 2.74. The molecule has 33 heavy (non-hydrogen) atoms. The van der Waals surface area contributed by atoms with Crippen LogP contribution in [0, 0.1) is 5.92 Å². The normalized spacial score (nSPS) is 15.6. The van der Waals surface area contributed by atoms with Crippen LogP contribution in [0.15, 0.2) is 30.5 Å². The van der Waals surface area contributed by atoms with Crippen LogP contribution in [0.25, 0.3) is 0 Å². The van der Waals surface area contributed by atoms with Gasteiger partial charge in [-0.15, -0.1) is 0 Å². The Balaban J connectivity index is 1.72. The number of hydroxylamine groups is 1. The maximum atomic E-state index is 12.5. The van der Waals surface area contributed by atoms with Crippen LogP contribution in [0.2, 0.25) is 0 Å². The summed E-state index contributed by atoms with van der Waals surface area (Å²) in [5.74, 6) is 0.0497. The number of aromatic nitrogens is 1. The molecule has 11 heteroatoms. The highest BCUT2D eigenvalue weighted by Gasteiger charge is 2.30. The lowest BCUT2D eigenvalue weighted by atomic mass is 10.1. The van der Waals surface area contributed by atoms with Crippen LogP contribution in [-0.4, -0.2) is 45.6 Å². The molecule has 2 aromatic rings. The van der Waals surface area contributed by atoms with Crippen molar-refractivity contribution in [2.24, 2.45) is 5.92 Å². The number of rotatable bonds is 9. The first-order valence-electron chi connectivity index (χ1n) is 10.7. The number of pyridine rings is 1. The highest BCUT2D eigenvalue weighted by Crippen LogP contribution is 2.43. The molecule has 2 saturated carbocycles. The van der Waals surface area contributed by atoms with Crippen LogP contribution in [-0.2, 0) is 19.7 Å². The molecule has 4 rings (SSSR count). The predicted molar refractivity (Wildman–Crippen MR) is 125 cm³/mol. The van der Waals surface area contributed by atoms with Gasteiger partial charge >= 0.3 is 0 Å². The SMILES string of the molecule is CONC(=O)c1cnc(NC(=O)C2CC2)cc1Nc1ccc(C2CC2)cc1N(C)S(C)(=O)=O. The van der Waals surface area contributed by atoms with Crippen LogP contribution in [0.3, 0.4) is 0 Å². The fourth-order valence-electron chi connectivity index (χ4n) is 3.44. The van der Waals surface area contributed by atoms with E-state index >= 15 is 0 Å². The standard InChI is InChI=1S/C22H27N5O5S/c1-27(33(3,30)31)19-10-15(13-4-5-13)8-9-17(19)24-18-11-20(25-21(28)14-6-7-14)23-12-16(18)22(29)26-32-2/h8-14H,4-7H2,1-3H3,(H,26,29)(H2,23,24,25,28). The Hall–Kier alpha value is -3.18. The Morgan fingerprint density at radius 2 is 1.85 bits per heavy atom. The first-order valence-corrected chi connectivity index (χ1v) is 12.5. The molecule has 2 fully saturated rings. The minimum Gasteiger partial charge on any atom is -0.353 e. The van der Waals surface area contributed by atoms with Gasteiger partial charge in [-0.1, -0.05) is 6.07 Å². The number of hydrogen-bond acceptors (Lipinski definition) is 7. The second kappa shape index (κ2) is 8.99. The summed E-state index contributed by atoms with van der Waals surface area (Å²) in [7, 11) is -0.727. The van der Waals surface area contributed by atoms with Crippen molar-refractivity contribution in [1.82, 2.24) is 10.5 Å². The lowest BCUT2D eigenvalue weighted by molar-refractivity contribution is -0.117. The second-order valence-electron chi connectivity index (χ2n) is 8.42. The lowest BCUT2D eigenvalue weighted by Crippen LogP contribution is -2.26. The molecule has 2 aliphatic rings. The maximum absolute atomic E-state index is 12.5. The molecule has 2 aliphatic carbocycles. The first kappa shape index (κ1) is 23.0. The summed E-state index contributed by atoms with van der Waals surface area (Å²) in [6.45, 7) is 0. The van der Waals surface area contributed by atoms with Crippen molar-refractivity contribution in [2.75, 3.05) is 35.4 Å². The van der Waals surface area contributed by atoms with Crippen molar-refractivity contribution >= 4 is 44.7 Å². The topological polar surface area (TPSA) is 130 Å². The molecule has 0 saturated heterocycles. The number of carbonyl (C=O) groups is 2. The van der Waals surface area contributed by atoms with Crippen molar-refractivity contribution in [1.29, 1.82) is 0 Å². The Labute approximate surface area is 192 Å². The monoisotopic (exact) mass is 473 g/mol. The van der Waals surface area contributed by atoms with E-state index in [0.29, 0.717) is 23.0 Å². The lowest BCUT2D eigenvalue weighted by Gasteiger charge is -2.23. The quantitative estimate of drug-likeness (QED) is 0.478. The van der Waals surface area contributed by atoms with Gasteiger partial charge in [-0.2, -0.15) is 0 Å². The van der Waals surface area contributed by atoms with E-state index in [4.69, 9.17) is 4.84 Å². The molecule has 1 heterocycles. The van der Waals surface area contributed by atoms with E-state index in [1.54, 1.807) is 12.1 Å². The Bertz CT molecular complexity index is 1190. The fraction of sp³-hybridized carbons (Fsp3) is 0.409. The van der Waals surface area contributed by atoms with E-state index in [2.05, 4.69) is 21.1 Å². The number of carbonyl (C=O) groups excluding carboxylic acids is 2. The molecule has 2 amide bonds. The summed E-state index contributed by atoms with van der Waals surface area (Å²) in [5, 5.41) is 5.93. The maximum Gasteiger partial charge on any atom is 0.278 e. The van der Waals surface area contributed by atoms with Crippen molar-refractivity contribution in [2.45, 2.75) is 31.6 Å². The molecule has 0 spiro atoms. The third-order valence-electron chi connectivity index (χ3n) is 5.72. The van der Waals surface area contributed by atoms with Crippen molar-refractivity contribution in [3.05, 3.63) is 41.6 Å². The van der Waals surface area contributed by atoms with Crippen molar-refractivity contribution in [3.63, 3.8) is 0 Å². The third-order valence-corrected chi connectivity index (χ3v) is 6.91. The average molecular weight is 474 g/mol. The largest absolute Gasteiger partial charge is 0.353 e. The van der Waals surface area contributed by atoms with E-state index in [1.165, 1.54) is 24.7 Å². The zero-order valence-corrected chi connectivity index (χ0v) is 19.5.